The van der Waals surface area contributed by atoms with Crippen molar-refractivity contribution in [1.29, 1.82) is 0 Å². The van der Waals surface area contributed by atoms with E-state index in [1.54, 1.807) is 0 Å². The molecule has 1 N–H and O–H groups in total. The van der Waals surface area contributed by atoms with Gasteiger partial charge >= 0.3 is 5.97 Å². The van der Waals surface area contributed by atoms with Crippen LogP contribution in [-0.4, -0.2) is 47.8 Å². The summed E-state index contributed by atoms with van der Waals surface area (Å²) < 4.78 is 5.81. The summed E-state index contributed by atoms with van der Waals surface area (Å²) in [5.41, 5.74) is 0. The first-order valence-electron chi connectivity index (χ1n) is 9.28. The van der Waals surface area contributed by atoms with Crippen LogP contribution in [0.15, 0.2) is 0 Å². The van der Waals surface area contributed by atoms with Crippen LogP contribution in [0.25, 0.3) is 0 Å². The van der Waals surface area contributed by atoms with E-state index in [2.05, 4.69) is 18.7 Å². The summed E-state index contributed by atoms with van der Waals surface area (Å²) in [6, 6.07) is -0.0743. The summed E-state index contributed by atoms with van der Waals surface area (Å²) in [4.78, 5) is 14.8. The van der Waals surface area contributed by atoms with Crippen LogP contribution in [0.1, 0.15) is 78.1 Å². The Labute approximate surface area is 136 Å². The van der Waals surface area contributed by atoms with Crippen LogP contribution in [0.2, 0.25) is 0 Å². The molecule has 0 aromatic rings. The molecule has 1 aliphatic heterocycles. The molecule has 0 bridgehead atoms. The number of esters is 1. The number of carbonyl (C=O) groups excluding carboxylic acids is 1. The molecule has 0 radical (unpaired) electrons. The highest BCUT2D eigenvalue weighted by Gasteiger charge is 2.29. The first-order chi connectivity index (χ1) is 10.7. The number of unbranched alkanes of at least 4 members (excludes halogenated alkanes) is 3. The molecule has 0 spiro atoms. The van der Waals surface area contributed by atoms with Crippen LogP contribution < -0.4 is 0 Å². The summed E-state index contributed by atoms with van der Waals surface area (Å²) in [5, 5.41) is 9.04. The Morgan fingerprint density at radius 1 is 1.09 bits per heavy atom. The molecule has 0 aliphatic carbocycles. The highest BCUT2D eigenvalue weighted by atomic mass is 16.5. The van der Waals surface area contributed by atoms with Crippen molar-refractivity contribution in [2.45, 2.75) is 90.2 Å². The summed E-state index contributed by atoms with van der Waals surface area (Å²) in [5.74, 6) is -0.0529. The van der Waals surface area contributed by atoms with Gasteiger partial charge in [-0.05, 0) is 58.0 Å². The largest absolute Gasteiger partial charge is 0.461 e. The summed E-state index contributed by atoms with van der Waals surface area (Å²) >= 11 is 0. The van der Waals surface area contributed by atoms with E-state index in [4.69, 9.17) is 9.84 Å². The number of hydrogen-bond donors (Lipinski definition) is 1. The quantitative estimate of drug-likeness (QED) is 0.442. The minimum Gasteiger partial charge on any atom is -0.461 e. The molecule has 4 heteroatoms. The normalized spacial score (nSPS) is 18.3. The van der Waals surface area contributed by atoms with Crippen LogP contribution >= 0.6 is 0 Å². The van der Waals surface area contributed by atoms with Gasteiger partial charge in [-0.3, -0.25) is 9.69 Å². The maximum Gasteiger partial charge on any atom is 0.323 e. The van der Waals surface area contributed by atoms with E-state index < -0.39 is 0 Å². The molecule has 1 heterocycles. The van der Waals surface area contributed by atoms with Crippen LogP contribution in [-0.2, 0) is 9.53 Å². The third-order valence-corrected chi connectivity index (χ3v) is 4.59. The predicted molar refractivity (Wildman–Crippen MR) is 89.8 cm³/mol. The van der Waals surface area contributed by atoms with E-state index in [0.29, 0.717) is 6.42 Å². The number of ether oxygens (including phenoxy) is 1. The van der Waals surface area contributed by atoms with Crippen molar-refractivity contribution >= 4 is 5.97 Å². The standard InChI is InChI=1S/C18H35NO3/c1-3-5-6-7-11-16(12-10-15-20)22-18(21)17(4-2)19-13-8-9-14-19/h16-17,20H,3-15H2,1-2H3. The number of aliphatic hydroxyl groups excluding tert-OH is 1. The first-order valence-corrected chi connectivity index (χ1v) is 9.28. The molecule has 1 saturated heterocycles. The molecule has 1 aliphatic rings. The molecule has 1 rings (SSSR count). The van der Waals surface area contributed by atoms with E-state index in [1.807, 2.05) is 0 Å². The molecule has 0 amide bonds. The number of hydrogen-bond acceptors (Lipinski definition) is 4. The van der Waals surface area contributed by atoms with Gasteiger partial charge < -0.3 is 9.84 Å². The molecule has 0 saturated carbocycles. The number of likely N-dealkylation sites (tertiary alicyclic amines) is 1. The summed E-state index contributed by atoms with van der Waals surface area (Å²) in [6.45, 7) is 6.47. The highest BCUT2D eigenvalue weighted by molar-refractivity contribution is 5.76. The lowest BCUT2D eigenvalue weighted by Gasteiger charge is -2.27. The Hall–Kier alpha value is -0.610. The first kappa shape index (κ1) is 19.4. The van der Waals surface area contributed by atoms with Crippen LogP contribution in [0.4, 0.5) is 0 Å². The topological polar surface area (TPSA) is 49.8 Å². The van der Waals surface area contributed by atoms with Crippen molar-refractivity contribution in [2.75, 3.05) is 19.7 Å². The second kappa shape index (κ2) is 11.9. The van der Waals surface area contributed by atoms with E-state index in [9.17, 15) is 4.79 Å². The maximum atomic E-state index is 12.5. The molecule has 2 atom stereocenters. The van der Waals surface area contributed by atoms with Gasteiger partial charge in [0.15, 0.2) is 0 Å². The van der Waals surface area contributed by atoms with E-state index in [-0.39, 0.29) is 24.7 Å². The van der Waals surface area contributed by atoms with Gasteiger partial charge in [0.1, 0.15) is 12.1 Å². The van der Waals surface area contributed by atoms with E-state index in [0.717, 1.165) is 38.8 Å². The lowest BCUT2D eigenvalue weighted by molar-refractivity contribution is -0.156. The second-order valence-corrected chi connectivity index (χ2v) is 6.44. The monoisotopic (exact) mass is 313 g/mol. The molecule has 2 unspecified atom stereocenters. The van der Waals surface area contributed by atoms with Crippen molar-refractivity contribution in [3.05, 3.63) is 0 Å². The fourth-order valence-electron chi connectivity index (χ4n) is 3.25. The molecule has 130 valence electrons. The molecule has 4 nitrogen and oxygen atoms in total. The maximum absolute atomic E-state index is 12.5. The molecule has 22 heavy (non-hydrogen) atoms. The average molecular weight is 313 g/mol. The zero-order chi connectivity index (χ0) is 16.2. The van der Waals surface area contributed by atoms with Gasteiger partial charge in [-0.15, -0.1) is 0 Å². The van der Waals surface area contributed by atoms with Crippen LogP contribution in [0, 0.1) is 0 Å². The molecular weight excluding hydrogens is 278 g/mol. The minimum atomic E-state index is -0.0743. The second-order valence-electron chi connectivity index (χ2n) is 6.44. The van der Waals surface area contributed by atoms with Gasteiger partial charge in [-0.2, -0.15) is 0 Å². The predicted octanol–water partition coefficient (Wildman–Crippen LogP) is 3.52. The Bertz CT molecular complexity index is 290. The van der Waals surface area contributed by atoms with E-state index in [1.165, 1.54) is 32.1 Å². The van der Waals surface area contributed by atoms with Crippen LogP contribution in [0.3, 0.4) is 0 Å². The van der Waals surface area contributed by atoms with Gasteiger partial charge in [-0.1, -0.05) is 33.1 Å². The third kappa shape index (κ3) is 7.10. The van der Waals surface area contributed by atoms with Gasteiger partial charge in [0.05, 0.1) is 0 Å². The van der Waals surface area contributed by atoms with E-state index >= 15 is 0 Å². The average Bonchev–Trinajstić information content (AvgIpc) is 3.03. The Morgan fingerprint density at radius 2 is 1.77 bits per heavy atom. The molecule has 0 aromatic carbocycles. The van der Waals surface area contributed by atoms with Crippen molar-refractivity contribution < 1.29 is 14.6 Å². The zero-order valence-corrected chi connectivity index (χ0v) is 14.6. The smallest absolute Gasteiger partial charge is 0.323 e. The minimum absolute atomic E-state index is 0.0202. The van der Waals surface area contributed by atoms with Crippen molar-refractivity contribution in [1.82, 2.24) is 4.90 Å². The summed E-state index contributed by atoms with van der Waals surface area (Å²) in [6.07, 6.45) is 10.4. The number of carbonyl (C=O) groups is 1. The van der Waals surface area contributed by atoms with Gasteiger partial charge in [-0.25, -0.2) is 0 Å². The molecule has 1 fully saturated rings. The highest BCUT2D eigenvalue weighted by Crippen LogP contribution is 2.19. The SMILES string of the molecule is CCCCCCC(CCCO)OC(=O)C(CC)N1CCCC1. The third-order valence-electron chi connectivity index (χ3n) is 4.59. The molecular formula is C18H35NO3. The lowest BCUT2D eigenvalue weighted by Crippen LogP contribution is -2.41. The number of aliphatic hydroxyl groups is 1. The Balaban J connectivity index is 2.44. The fraction of sp³-hybridized carbons (Fsp3) is 0.944. The Morgan fingerprint density at radius 3 is 2.36 bits per heavy atom. The van der Waals surface area contributed by atoms with Gasteiger partial charge in [0.25, 0.3) is 0 Å². The zero-order valence-electron chi connectivity index (χ0n) is 14.6. The number of nitrogens with zero attached hydrogens (tertiary/aromatic N) is 1. The van der Waals surface area contributed by atoms with Crippen molar-refractivity contribution in [3.8, 4) is 0 Å². The molecule has 0 aromatic heterocycles. The van der Waals surface area contributed by atoms with Crippen LogP contribution in [0.5, 0.6) is 0 Å². The summed E-state index contributed by atoms with van der Waals surface area (Å²) in [7, 11) is 0. The fourth-order valence-corrected chi connectivity index (χ4v) is 3.25. The van der Waals surface area contributed by atoms with Gasteiger partial charge in [0, 0.05) is 6.61 Å². The lowest BCUT2D eigenvalue weighted by atomic mass is 10.1. The van der Waals surface area contributed by atoms with Crippen molar-refractivity contribution in [2.24, 2.45) is 0 Å². The van der Waals surface area contributed by atoms with Crippen molar-refractivity contribution in [3.63, 3.8) is 0 Å². The Kier molecular flexibility index (Phi) is 10.5. The van der Waals surface area contributed by atoms with Gasteiger partial charge in [0.2, 0.25) is 0 Å². The number of rotatable bonds is 12.